The van der Waals surface area contributed by atoms with Gasteiger partial charge in [0.2, 0.25) is 12.6 Å². The van der Waals surface area contributed by atoms with Crippen molar-refractivity contribution in [2.45, 2.75) is 175 Å². The first kappa shape index (κ1) is 49.0. The molecule has 332 valence electrons. The molecule has 10 heteroatoms. The van der Waals surface area contributed by atoms with E-state index in [0.29, 0.717) is 41.2 Å². The first-order valence-electron chi connectivity index (χ1n) is 22.1. The Labute approximate surface area is 358 Å². The topological polar surface area (TPSA) is 160 Å². The molecule has 5 rings (SSSR count). The molecule has 0 radical (unpaired) electrons. The second-order valence-corrected chi connectivity index (χ2v) is 18.1. The Kier molecular flexibility index (Phi) is 18.3. The number of aliphatic hydroxyl groups is 4. The first-order valence-corrected chi connectivity index (χ1v) is 22.1. The number of carbonyl (C=O) groups is 3. The smallest absolute Gasteiger partial charge is 0.333 e. The van der Waals surface area contributed by atoms with E-state index in [1.165, 1.54) is 73.3 Å². The van der Waals surface area contributed by atoms with Crippen molar-refractivity contribution in [3.63, 3.8) is 0 Å². The fourth-order valence-corrected chi connectivity index (χ4v) is 10.0. The number of rotatable bonds is 19. The summed E-state index contributed by atoms with van der Waals surface area (Å²) in [5.41, 5.74) is 7.86. The predicted molar refractivity (Wildman–Crippen MR) is 234 cm³/mol. The quantitative estimate of drug-likeness (QED) is 0.0428. The molecule has 9 atom stereocenters. The van der Waals surface area contributed by atoms with Crippen molar-refractivity contribution in [3.8, 4) is 0 Å². The maximum atomic E-state index is 11.4. The van der Waals surface area contributed by atoms with Gasteiger partial charge in [0.05, 0.1) is 12.2 Å². The highest BCUT2D eigenvalue weighted by Crippen LogP contribution is 2.52. The van der Waals surface area contributed by atoms with Crippen molar-refractivity contribution in [3.05, 3.63) is 94.2 Å². The maximum absolute atomic E-state index is 11.4. The van der Waals surface area contributed by atoms with E-state index in [2.05, 4.69) is 71.6 Å². The lowest BCUT2D eigenvalue weighted by Crippen LogP contribution is -2.32. The lowest BCUT2D eigenvalue weighted by Gasteiger charge is -2.35. The van der Waals surface area contributed by atoms with Gasteiger partial charge < -0.3 is 34.6 Å². The van der Waals surface area contributed by atoms with Crippen LogP contribution in [0.3, 0.4) is 0 Å². The molecule has 5 aliphatic rings. The van der Waals surface area contributed by atoms with E-state index in [9.17, 15) is 34.8 Å². The van der Waals surface area contributed by atoms with Gasteiger partial charge in [-0.05, 0) is 151 Å². The molecule has 0 aromatic carbocycles. The zero-order chi connectivity index (χ0) is 44.2. The molecule has 2 fully saturated rings. The van der Waals surface area contributed by atoms with Gasteiger partial charge in [0.15, 0.2) is 6.29 Å². The highest BCUT2D eigenvalue weighted by atomic mass is 16.7. The molecular weight excluding hydrogens is 761 g/mol. The minimum Gasteiger partial charge on any atom is -0.429 e. The Morgan fingerprint density at radius 3 is 1.80 bits per heavy atom. The third-order valence-corrected chi connectivity index (χ3v) is 14.2. The molecular formula is C50H72O10. The average Bonchev–Trinajstić information content (AvgIpc) is 3.96. The molecule has 2 saturated carbocycles. The van der Waals surface area contributed by atoms with E-state index in [1.807, 2.05) is 6.08 Å². The molecule has 0 saturated heterocycles. The Bertz CT molecular complexity index is 1760. The Morgan fingerprint density at radius 1 is 0.800 bits per heavy atom. The SMILES string of the molecule is C=C(C)[C@]1(CC/C(C)=C/CC/C(C=O)=C\CC(O)C2=CC(=O)OC2O)CCC[C@@H]1C.C=C(C)[C@]1(CC/C(C)=C/CCC2=CCC(C3=CC(=O)OC3O)OC2O)CCC[C@@H]1C. The van der Waals surface area contributed by atoms with Crippen LogP contribution >= 0.6 is 0 Å². The summed E-state index contributed by atoms with van der Waals surface area (Å²) in [6, 6.07) is 0. The summed E-state index contributed by atoms with van der Waals surface area (Å²) in [5, 5.41) is 39.8. The summed E-state index contributed by atoms with van der Waals surface area (Å²) < 4.78 is 14.9. The zero-order valence-electron chi connectivity index (χ0n) is 37.0. The van der Waals surface area contributed by atoms with Crippen LogP contribution in [0.2, 0.25) is 0 Å². The monoisotopic (exact) mass is 833 g/mol. The fourth-order valence-electron chi connectivity index (χ4n) is 10.0. The van der Waals surface area contributed by atoms with Crippen LogP contribution < -0.4 is 0 Å². The van der Waals surface area contributed by atoms with Gasteiger partial charge in [-0.15, -0.1) is 0 Å². The third kappa shape index (κ3) is 12.7. The molecule has 2 aliphatic carbocycles. The molecule has 3 heterocycles. The summed E-state index contributed by atoms with van der Waals surface area (Å²) in [4.78, 5) is 33.8. The van der Waals surface area contributed by atoms with Crippen LogP contribution in [0.25, 0.3) is 0 Å². The van der Waals surface area contributed by atoms with Crippen molar-refractivity contribution < 1.29 is 49.0 Å². The van der Waals surface area contributed by atoms with Gasteiger partial charge in [0.25, 0.3) is 0 Å². The van der Waals surface area contributed by atoms with E-state index in [0.717, 1.165) is 56.5 Å². The summed E-state index contributed by atoms with van der Waals surface area (Å²) in [5.74, 6) is 0.154. The normalized spacial score (nSPS) is 31.4. The highest BCUT2D eigenvalue weighted by Gasteiger charge is 2.41. The van der Waals surface area contributed by atoms with Gasteiger partial charge >= 0.3 is 11.9 Å². The number of hydrogen-bond donors (Lipinski definition) is 4. The number of carbonyl (C=O) groups excluding carboxylic acids is 3. The lowest BCUT2D eigenvalue weighted by molar-refractivity contribution is -0.155. The van der Waals surface area contributed by atoms with Crippen molar-refractivity contribution >= 4 is 18.2 Å². The minimum absolute atomic E-state index is 0.129. The van der Waals surface area contributed by atoms with Gasteiger partial charge in [-0.3, -0.25) is 4.79 Å². The Hall–Kier alpha value is -3.67. The average molecular weight is 833 g/mol. The molecule has 5 unspecified atom stereocenters. The van der Waals surface area contributed by atoms with Crippen molar-refractivity contribution in [1.29, 1.82) is 0 Å². The lowest BCUT2D eigenvalue weighted by atomic mass is 9.70. The van der Waals surface area contributed by atoms with Crippen LogP contribution in [0.1, 0.15) is 144 Å². The standard InChI is InChI=1S/2C25H36O5/c1-16(2)25(13-6-8-18(25)4)14-12-17(3)7-5-9-19-10-11-21(29-23(19)27)20-15-22(26)30-24(20)28;1-17(2)25(13-6-8-19(25)4)14-12-18(3)7-5-9-20(16-26)10-11-22(27)21-15-23(28)30-24(21)29/h7,10,15,18,21,23-24,27-28H,1,5-6,8-9,11-14H2,2-4H3;7,10,15-16,19,22,24,27,29H,1,5-6,8-9,11-14H2,2-4H3/b17-7+;18-7+,20-10+/t18-,21?,23?,24?,25+;19-,22?,24?,25+/m00/s1. The maximum Gasteiger partial charge on any atom is 0.333 e. The molecule has 60 heavy (non-hydrogen) atoms. The molecule has 0 amide bonds. The number of cyclic esters (lactones) is 2. The van der Waals surface area contributed by atoms with E-state index in [-0.39, 0.29) is 17.4 Å². The summed E-state index contributed by atoms with van der Waals surface area (Å²) in [6.45, 7) is 22.0. The largest absolute Gasteiger partial charge is 0.429 e. The number of esters is 2. The van der Waals surface area contributed by atoms with Crippen LogP contribution in [0, 0.1) is 22.7 Å². The number of hydrogen-bond acceptors (Lipinski definition) is 10. The summed E-state index contributed by atoms with van der Waals surface area (Å²) in [7, 11) is 0. The van der Waals surface area contributed by atoms with Gasteiger partial charge in [-0.25, -0.2) is 9.59 Å². The van der Waals surface area contributed by atoms with Crippen LogP contribution in [0.15, 0.2) is 94.2 Å². The van der Waals surface area contributed by atoms with E-state index in [1.54, 1.807) is 6.08 Å². The number of allylic oxidation sites excluding steroid dienone is 7. The Balaban J connectivity index is 0.000000265. The zero-order valence-corrected chi connectivity index (χ0v) is 37.0. The van der Waals surface area contributed by atoms with Crippen LogP contribution in [-0.2, 0) is 28.6 Å². The second kappa shape index (κ2) is 22.4. The van der Waals surface area contributed by atoms with Crippen molar-refractivity contribution in [1.82, 2.24) is 0 Å². The summed E-state index contributed by atoms with van der Waals surface area (Å²) in [6.07, 6.45) is 21.6. The molecule has 0 bridgehead atoms. The number of aliphatic hydroxyl groups excluding tert-OH is 4. The minimum atomic E-state index is -1.41. The van der Waals surface area contributed by atoms with Crippen molar-refractivity contribution in [2.75, 3.05) is 0 Å². The van der Waals surface area contributed by atoms with Crippen molar-refractivity contribution in [2.24, 2.45) is 22.7 Å². The van der Waals surface area contributed by atoms with Crippen LogP contribution in [-0.4, -0.2) is 69.7 Å². The second-order valence-electron chi connectivity index (χ2n) is 18.1. The van der Waals surface area contributed by atoms with E-state index in [4.69, 9.17) is 9.47 Å². The number of aldehydes is 1. The van der Waals surface area contributed by atoms with Gasteiger partial charge in [-0.2, -0.15) is 0 Å². The predicted octanol–water partition coefficient (Wildman–Crippen LogP) is 9.26. The van der Waals surface area contributed by atoms with E-state index >= 15 is 0 Å². The highest BCUT2D eigenvalue weighted by molar-refractivity contribution is 5.86. The van der Waals surface area contributed by atoms with Gasteiger partial charge in [0.1, 0.15) is 6.29 Å². The fraction of sp³-hybridized carbons (Fsp3) is 0.620. The Morgan fingerprint density at radius 2 is 1.35 bits per heavy atom. The third-order valence-electron chi connectivity index (χ3n) is 14.2. The van der Waals surface area contributed by atoms with E-state index < -0.39 is 43.0 Å². The summed E-state index contributed by atoms with van der Waals surface area (Å²) >= 11 is 0. The molecule has 3 aliphatic heterocycles. The molecule has 0 aromatic rings. The molecule has 0 aromatic heterocycles. The van der Waals surface area contributed by atoms with Gasteiger partial charge in [0, 0.05) is 23.3 Å². The van der Waals surface area contributed by atoms with Crippen LogP contribution in [0.5, 0.6) is 0 Å². The molecule has 4 N–H and O–H groups in total. The molecule has 0 spiro atoms. The molecule has 10 nitrogen and oxygen atoms in total. The van der Waals surface area contributed by atoms with Crippen LogP contribution in [0.4, 0.5) is 0 Å². The number of ether oxygens (including phenoxy) is 3. The first-order chi connectivity index (χ1) is 28.4. The van der Waals surface area contributed by atoms with Gasteiger partial charge in [-0.1, -0.05) is 86.4 Å².